The average Bonchev–Trinajstić information content (AvgIpc) is 2.74. The molecule has 6 heteroatoms. The minimum Gasteiger partial charge on any atom is -0.376 e. The maximum absolute atomic E-state index is 5.65. The van der Waals surface area contributed by atoms with E-state index in [0.717, 1.165) is 31.9 Å². The van der Waals surface area contributed by atoms with Crippen LogP contribution in [0.15, 0.2) is 0 Å². The lowest BCUT2D eigenvalue weighted by Crippen LogP contribution is -2.43. The van der Waals surface area contributed by atoms with E-state index in [4.69, 9.17) is 4.74 Å². The van der Waals surface area contributed by atoms with E-state index in [2.05, 4.69) is 34.3 Å². The first-order chi connectivity index (χ1) is 7.72. The van der Waals surface area contributed by atoms with Crippen LogP contribution in [0.4, 0.5) is 0 Å². The molecule has 6 nitrogen and oxygen atoms in total. The summed E-state index contributed by atoms with van der Waals surface area (Å²) in [6, 6.07) is 0.248. The number of morpholine rings is 1. The highest BCUT2D eigenvalue weighted by Gasteiger charge is 2.26. The van der Waals surface area contributed by atoms with Crippen LogP contribution in [0.5, 0.6) is 0 Å². The molecular weight excluding hydrogens is 206 g/mol. The van der Waals surface area contributed by atoms with Crippen LogP contribution in [0.2, 0.25) is 0 Å². The normalized spacial score (nSPS) is 24.6. The van der Waals surface area contributed by atoms with Gasteiger partial charge in [0, 0.05) is 20.1 Å². The molecule has 1 fully saturated rings. The van der Waals surface area contributed by atoms with Crippen molar-refractivity contribution >= 4 is 0 Å². The molecule has 0 aromatic carbocycles. The molecule has 16 heavy (non-hydrogen) atoms. The van der Waals surface area contributed by atoms with Crippen LogP contribution in [0.3, 0.4) is 0 Å². The number of nitrogens with zero attached hydrogens (tertiary/aromatic N) is 5. The van der Waals surface area contributed by atoms with E-state index in [1.54, 1.807) is 4.68 Å². The molecule has 2 heterocycles. The predicted molar refractivity (Wildman–Crippen MR) is 58.8 cm³/mol. The molecule has 0 amide bonds. The molecule has 0 aliphatic carbocycles. The molecule has 1 aromatic rings. The van der Waals surface area contributed by atoms with Gasteiger partial charge in [-0.05, 0) is 23.8 Å². The first-order valence-electron chi connectivity index (χ1n) is 5.80. The third-order valence-electron chi connectivity index (χ3n) is 3.20. The van der Waals surface area contributed by atoms with E-state index >= 15 is 0 Å². The molecule has 0 N–H and O–H groups in total. The number of ether oxygens (including phenoxy) is 1. The lowest BCUT2D eigenvalue weighted by molar-refractivity contribution is -0.0440. The molecule has 0 spiro atoms. The summed E-state index contributed by atoms with van der Waals surface area (Å²) in [4.78, 5) is 2.38. The molecule has 1 saturated heterocycles. The Bertz CT molecular complexity index is 340. The number of hydrogen-bond donors (Lipinski definition) is 0. The zero-order chi connectivity index (χ0) is 11.5. The predicted octanol–water partition coefficient (Wildman–Crippen LogP) is 0.382. The topological polar surface area (TPSA) is 56.1 Å². The van der Waals surface area contributed by atoms with Crippen LogP contribution < -0.4 is 0 Å². The summed E-state index contributed by atoms with van der Waals surface area (Å²) < 4.78 is 7.39. The highest BCUT2D eigenvalue weighted by atomic mass is 16.5. The molecule has 0 bridgehead atoms. The van der Waals surface area contributed by atoms with Gasteiger partial charge < -0.3 is 4.74 Å². The van der Waals surface area contributed by atoms with Crippen molar-refractivity contribution < 1.29 is 4.74 Å². The molecule has 0 radical (unpaired) electrons. The molecule has 2 rings (SSSR count). The molecule has 90 valence electrons. The molecule has 0 unspecified atom stereocenters. The largest absolute Gasteiger partial charge is 0.376 e. The van der Waals surface area contributed by atoms with Gasteiger partial charge in [-0.15, -0.1) is 5.10 Å². The number of rotatable bonds is 3. The summed E-state index contributed by atoms with van der Waals surface area (Å²) in [6.45, 7) is 7.01. The third-order valence-corrected chi connectivity index (χ3v) is 3.20. The Morgan fingerprint density at radius 1 is 1.56 bits per heavy atom. The second-order valence-electron chi connectivity index (χ2n) is 4.23. The summed E-state index contributed by atoms with van der Waals surface area (Å²) in [5.74, 6) is 0.914. The number of hydrogen-bond acceptors (Lipinski definition) is 5. The summed E-state index contributed by atoms with van der Waals surface area (Å²) in [7, 11) is 1.88. The maximum Gasteiger partial charge on any atom is 0.167 e. The van der Waals surface area contributed by atoms with Crippen LogP contribution in [-0.4, -0.2) is 50.9 Å². The van der Waals surface area contributed by atoms with Crippen molar-refractivity contribution in [1.82, 2.24) is 25.1 Å². The van der Waals surface area contributed by atoms with Gasteiger partial charge >= 0.3 is 0 Å². The van der Waals surface area contributed by atoms with Crippen molar-refractivity contribution in [3.05, 3.63) is 5.82 Å². The van der Waals surface area contributed by atoms with Gasteiger partial charge in [-0.25, -0.2) is 4.68 Å². The lowest BCUT2D eigenvalue weighted by Gasteiger charge is -2.35. The Morgan fingerprint density at radius 2 is 2.38 bits per heavy atom. The van der Waals surface area contributed by atoms with E-state index in [9.17, 15) is 0 Å². The van der Waals surface area contributed by atoms with Crippen LogP contribution in [0.25, 0.3) is 0 Å². The highest BCUT2D eigenvalue weighted by Crippen LogP contribution is 2.20. The molecule has 2 atom stereocenters. The summed E-state index contributed by atoms with van der Waals surface area (Å²) >= 11 is 0. The van der Waals surface area contributed by atoms with E-state index < -0.39 is 0 Å². The van der Waals surface area contributed by atoms with Crippen molar-refractivity contribution in [2.75, 3.05) is 19.7 Å². The van der Waals surface area contributed by atoms with Crippen molar-refractivity contribution in [2.45, 2.75) is 32.4 Å². The van der Waals surface area contributed by atoms with Gasteiger partial charge in [0.25, 0.3) is 0 Å². The Labute approximate surface area is 95.6 Å². The monoisotopic (exact) mass is 225 g/mol. The Morgan fingerprint density at radius 3 is 3.00 bits per heavy atom. The Balaban J connectivity index is 2.04. The quantitative estimate of drug-likeness (QED) is 0.744. The zero-order valence-corrected chi connectivity index (χ0v) is 10.1. The van der Waals surface area contributed by atoms with E-state index in [1.807, 2.05) is 7.05 Å². The molecule has 1 aliphatic heterocycles. The van der Waals surface area contributed by atoms with Gasteiger partial charge in [0.15, 0.2) is 5.82 Å². The highest BCUT2D eigenvalue weighted by molar-refractivity contribution is 4.91. The van der Waals surface area contributed by atoms with Gasteiger partial charge in [-0.1, -0.05) is 6.92 Å². The number of aromatic nitrogens is 4. The van der Waals surface area contributed by atoms with Crippen molar-refractivity contribution in [1.29, 1.82) is 0 Å². The minimum absolute atomic E-state index is 0.248. The van der Waals surface area contributed by atoms with Crippen molar-refractivity contribution in [3.8, 4) is 0 Å². The minimum atomic E-state index is 0.248. The fourth-order valence-corrected chi connectivity index (χ4v) is 2.09. The summed E-state index contributed by atoms with van der Waals surface area (Å²) in [5, 5.41) is 11.6. The molecule has 1 aliphatic rings. The van der Waals surface area contributed by atoms with Crippen molar-refractivity contribution in [2.24, 2.45) is 7.05 Å². The van der Waals surface area contributed by atoms with Crippen LogP contribution >= 0.6 is 0 Å². The average molecular weight is 225 g/mol. The van der Waals surface area contributed by atoms with E-state index in [0.29, 0.717) is 6.10 Å². The number of tetrazole rings is 1. The molecular formula is C10H19N5O. The third kappa shape index (κ3) is 2.22. The van der Waals surface area contributed by atoms with E-state index in [-0.39, 0.29) is 6.04 Å². The van der Waals surface area contributed by atoms with Crippen LogP contribution in [-0.2, 0) is 11.8 Å². The van der Waals surface area contributed by atoms with Gasteiger partial charge in [-0.2, -0.15) is 0 Å². The first-order valence-corrected chi connectivity index (χ1v) is 5.80. The SMILES string of the molecule is CC[C@H]1CN([C@@H](C)c2nnnn2C)CCO1. The van der Waals surface area contributed by atoms with Gasteiger partial charge in [-0.3, -0.25) is 4.90 Å². The first kappa shape index (κ1) is 11.5. The Kier molecular flexibility index (Phi) is 3.50. The van der Waals surface area contributed by atoms with E-state index in [1.165, 1.54) is 0 Å². The van der Waals surface area contributed by atoms with Gasteiger partial charge in [0.05, 0.1) is 18.8 Å². The van der Waals surface area contributed by atoms with Gasteiger partial charge in [0.1, 0.15) is 0 Å². The smallest absolute Gasteiger partial charge is 0.167 e. The fourth-order valence-electron chi connectivity index (χ4n) is 2.09. The standard InChI is InChI=1S/C10H19N5O/c1-4-9-7-15(5-6-16-9)8(2)10-11-12-13-14(10)3/h8-9H,4-7H2,1-3H3/t8-,9-/m0/s1. The van der Waals surface area contributed by atoms with Crippen molar-refractivity contribution in [3.63, 3.8) is 0 Å². The second-order valence-corrected chi connectivity index (χ2v) is 4.23. The van der Waals surface area contributed by atoms with Crippen LogP contribution in [0.1, 0.15) is 32.1 Å². The zero-order valence-electron chi connectivity index (χ0n) is 10.1. The Hall–Kier alpha value is -1.01. The molecule has 0 saturated carbocycles. The number of aryl methyl sites for hydroxylation is 1. The second kappa shape index (κ2) is 4.88. The van der Waals surface area contributed by atoms with Gasteiger partial charge in [0.2, 0.25) is 0 Å². The van der Waals surface area contributed by atoms with Crippen LogP contribution in [0, 0.1) is 0 Å². The summed E-state index contributed by atoms with van der Waals surface area (Å²) in [6.07, 6.45) is 1.40. The maximum atomic E-state index is 5.65. The fraction of sp³-hybridized carbons (Fsp3) is 0.900. The lowest BCUT2D eigenvalue weighted by atomic mass is 10.1. The summed E-state index contributed by atoms with van der Waals surface area (Å²) in [5.41, 5.74) is 0. The molecule has 1 aromatic heterocycles.